The SMILES string of the molecule is CO[C@H]1CC[C@@H](COc2ncc(S(=O)(=O)NC(=O)c3ccccc3Oc3cnc4[nH]ccc4c3)cc2C(F)(F)F)CC1. The topological polar surface area (TPSA) is 132 Å². The maximum Gasteiger partial charge on any atom is 0.421 e. The number of fused-ring (bicyclic) bond motifs is 1. The second-order valence-corrected chi connectivity index (χ2v) is 11.5. The molecular formula is C28H27F3N4O6S. The molecule has 1 aromatic carbocycles. The van der Waals surface area contributed by atoms with Gasteiger partial charge in [-0.25, -0.2) is 23.1 Å². The van der Waals surface area contributed by atoms with Crippen molar-refractivity contribution in [3.05, 3.63) is 72.2 Å². The van der Waals surface area contributed by atoms with E-state index in [0.29, 0.717) is 11.7 Å². The number of alkyl halides is 3. The van der Waals surface area contributed by atoms with Crippen molar-refractivity contribution in [3.8, 4) is 17.4 Å². The zero-order chi connectivity index (χ0) is 29.9. The second kappa shape index (κ2) is 12.0. The Morgan fingerprint density at radius 3 is 2.57 bits per heavy atom. The van der Waals surface area contributed by atoms with Crippen molar-refractivity contribution in [2.24, 2.45) is 5.92 Å². The summed E-state index contributed by atoms with van der Waals surface area (Å²) >= 11 is 0. The van der Waals surface area contributed by atoms with Gasteiger partial charge in [0.05, 0.1) is 30.7 Å². The van der Waals surface area contributed by atoms with Crippen LogP contribution in [-0.2, 0) is 20.9 Å². The molecule has 1 aliphatic rings. The number of rotatable bonds is 9. The van der Waals surface area contributed by atoms with Gasteiger partial charge in [0, 0.05) is 18.7 Å². The number of hydrogen-bond acceptors (Lipinski definition) is 8. The van der Waals surface area contributed by atoms with Gasteiger partial charge in [-0.3, -0.25) is 4.79 Å². The Morgan fingerprint density at radius 2 is 1.83 bits per heavy atom. The highest BCUT2D eigenvalue weighted by Gasteiger charge is 2.37. The van der Waals surface area contributed by atoms with Crippen molar-refractivity contribution < 1.29 is 40.6 Å². The molecule has 14 heteroatoms. The van der Waals surface area contributed by atoms with Crippen LogP contribution in [0.1, 0.15) is 41.6 Å². The average molecular weight is 605 g/mol. The van der Waals surface area contributed by atoms with Crippen LogP contribution in [0.2, 0.25) is 0 Å². The van der Waals surface area contributed by atoms with Crippen molar-refractivity contribution in [2.75, 3.05) is 13.7 Å². The molecule has 4 aromatic rings. The predicted molar refractivity (Wildman–Crippen MR) is 145 cm³/mol. The van der Waals surface area contributed by atoms with Crippen LogP contribution in [0.4, 0.5) is 13.2 Å². The number of halogens is 3. The summed E-state index contributed by atoms with van der Waals surface area (Å²) in [5.74, 6) is -1.52. The summed E-state index contributed by atoms with van der Waals surface area (Å²) in [5, 5.41) is 0.746. The van der Waals surface area contributed by atoms with Crippen LogP contribution in [-0.4, -0.2) is 49.1 Å². The van der Waals surface area contributed by atoms with Crippen molar-refractivity contribution in [1.29, 1.82) is 0 Å². The van der Waals surface area contributed by atoms with Crippen LogP contribution in [0.3, 0.4) is 0 Å². The van der Waals surface area contributed by atoms with E-state index in [1.807, 2.05) is 0 Å². The van der Waals surface area contributed by atoms with E-state index >= 15 is 0 Å². The first kappa shape index (κ1) is 29.3. The lowest BCUT2D eigenvalue weighted by molar-refractivity contribution is -0.139. The molecular weight excluding hydrogens is 577 g/mol. The number of nitrogens with zero attached hydrogens (tertiary/aromatic N) is 2. The van der Waals surface area contributed by atoms with Crippen LogP contribution < -0.4 is 14.2 Å². The van der Waals surface area contributed by atoms with E-state index in [0.717, 1.165) is 37.3 Å². The highest BCUT2D eigenvalue weighted by atomic mass is 32.2. The molecule has 1 saturated carbocycles. The molecule has 0 bridgehead atoms. The van der Waals surface area contributed by atoms with Crippen molar-refractivity contribution in [3.63, 3.8) is 0 Å². The number of nitrogens with one attached hydrogen (secondary N) is 2. The molecule has 0 aliphatic heterocycles. The highest BCUT2D eigenvalue weighted by molar-refractivity contribution is 7.90. The summed E-state index contributed by atoms with van der Waals surface area (Å²) in [6, 6.07) is 9.66. The molecule has 10 nitrogen and oxygen atoms in total. The second-order valence-electron chi connectivity index (χ2n) is 9.83. The first-order valence-corrected chi connectivity index (χ1v) is 14.5. The number of H-pyrrole nitrogens is 1. The zero-order valence-corrected chi connectivity index (χ0v) is 23.2. The number of hydrogen-bond donors (Lipinski definition) is 2. The number of para-hydroxylation sites is 1. The van der Waals surface area contributed by atoms with Gasteiger partial charge < -0.3 is 19.2 Å². The van der Waals surface area contributed by atoms with Gasteiger partial charge in [-0.2, -0.15) is 13.2 Å². The average Bonchev–Trinajstić information content (AvgIpc) is 3.44. The Bertz CT molecular complexity index is 1680. The smallest absolute Gasteiger partial charge is 0.421 e. The van der Waals surface area contributed by atoms with Gasteiger partial charge in [0.2, 0.25) is 5.88 Å². The minimum Gasteiger partial charge on any atom is -0.477 e. The number of carbonyl (C=O) groups excluding carboxylic acids is 1. The Hall–Kier alpha value is -4.17. The van der Waals surface area contributed by atoms with Gasteiger partial charge in [0.25, 0.3) is 15.9 Å². The number of amides is 1. The number of carbonyl (C=O) groups is 1. The number of sulfonamides is 1. The molecule has 0 spiro atoms. The molecule has 1 amide bonds. The lowest BCUT2D eigenvalue weighted by Crippen LogP contribution is -2.31. The zero-order valence-electron chi connectivity index (χ0n) is 22.3. The summed E-state index contributed by atoms with van der Waals surface area (Å²) in [6.45, 7) is -0.00132. The normalized spacial score (nSPS) is 17.6. The Labute approximate surface area is 239 Å². The van der Waals surface area contributed by atoms with Crippen LogP contribution in [0.5, 0.6) is 17.4 Å². The third kappa shape index (κ3) is 6.65. The molecule has 1 aliphatic carbocycles. The third-order valence-electron chi connectivity index (χ3n) is 6.99. The van der Waals surface area contributed by atoms with E-state index < -0.39 is 38.4 Å². The summed E-state index contributed by atoms with van der Waals surface area (Å²) in [5.41, 5.74) is -0.904. The van der Waals surface area contributed by atoms with Gasteiger partial charge in [0.15, 0.2) is 0 Å². The third-order valence-corrected chi connectivity index (χ3v) is 8.28. The fourth-order valence-corrected chi connectivity index (χ4v) is 5.65. The van der Waals surface area contributed by atoms with Gasteiger partial charge in [-0.15, -0.1) is 0 Å². The number of benzene rings is 1. The maximum absolute atomic E-state index is 13.9. The molecule has 0 saturated heterocycles. The standard InChI is InChI=1S/C28H27F3N4O6S/c1-39-19-8-6-17(7-9-19)16-40-27-23(28(29,30)31)13-21(15-34-27)42(37,38)35-26(36)22-4-2-3-5-24(22)41-20-12-18-10-11-32-25(18)33-14-20/h2-5,10-15,17,19H,6-9,16H2,1H3,(H,32,33)(H,35,36)/t17-,19+. The first-order valence-electron chi connectivity index (χ1n) is 13.0. The van der Waals surface area contributed by atoms with Gasteiger partial charge in [0.1, 0.15) is 27.6 Å². The minimum absolute atomic E-state index is 0.00132. The molecule has 0 atom stereocenters. The van der Waals surface area contributed by atoms with Crippen LogP contribution in [0.15, 0.2) is 66.0 Å². The Morgan fingerprint density at radius 1 is 1.07 bits per heavy atom. The fraction of sp³-hybridized carbons (Fsp3) is 0.321. The molecule has 5 rings (SSSR count). The lowest BCUT2D eigenvalue weighted by atomic mass is 9.88. The van der Waals surface area contributed by atoms with Crippen molar-refractivity contribution >= 4 is 27.0 Å². The number of ether oxygens (including phenoxy) is 3. The van der Waals surface area contributed by atoms with Gasteiger partial charge in [-0.05, 0) is 61.9 Å². The number of aromatic nitrogens is 3. The molecule has 2 N–H and O–H groups in total. The molecule has 3 heterocycles. The summed E-state index contributed by atoms with van der Waals surface area (Å²) in [4.78, 5) is 23.0. The number of methoxy groups -OCH3 is 1. The minimum atomic E-state index is -4.96. The molecule has 1 fully saturated rings. The first-order chi connectivity index (χ1) is 20.0. The summed E-state index contributed by atoms with van der Waals surface area (Å²) < 4.78 is 86.0. The molecule has 42 heavy (non-hydrogen) atoms. The van der Waals surface area contributed by atoms with E-state index in [1.54, 1.807) is 36.2 Å². The number of pyridine rings is 2. The van der Waals surface area contributed by atoms with E-state index in [2.05, 4.69) is 15.0 Å². The largest absolute Gasteiger partial charge is 0.477 e. The van der Waals surface area contributed by atoms with E-state index in [1.165, 1.54) is 24.4 Å². The molecule has 222 valence electrons. The lowest BCUT2D eigenvalue weighted by Gasteiger charge is -2.27. The summed E-state index contributed by atoms with van der Waals surface area (Å²) in [6.07, 6.45) is 1.99. The van der Waals surface area contributed by atoms with E-state index in [9.17, 15) is 26.4 Å². The van der Waals surface area contributed by atoms with Gasteiger partial charge in [-0.1, -0.05) is 12.1 Å². The van der Waals surface area contributed by atoms with Crippen LogP contribution in [0.25, 0.3) is 11.0 Å². The van der Waals surface area contributed by atoms with Crippen molar-refractivity contribution in [1.82, 2.24) is 19.7 Å². The van der Waals surface area contributed by atoms with E-state index in [4.69, 9.17) is 14.2 Å². The summed E-state index contributed by atoms with van der Waals surface area (Å²) in [7, 11) is -3.15. The van der Waals surface area contributed by atoms with E-state index in [-0.39, 0.29) is 35.7 Å². The highest BCUT2D eigenvalue weighted by Crippen LogP contribution is 2.37. The fourth-order valence-electron chi connectivity index (χ4n) is 4.71. The predicted octanol–water partition coefficient (Wildman–Crippen LogP) is 5.47. The quantitative estimate of drug-likeness (QED) is 0.257. The Balaban J connectivity index is 1.32. The van der Waals surface area contributed by atoms with Crippen LogP contribution in [0, 0.1) is 5.92 Å². The maximum atomic E-state index is 13.9. The van der Waals surface area contributed by atoms with Gasteiger partial charge >= 0.3 is 6.18 Å². The van der Waals surface area contributed by atoms with Crippen molar-refractivity contribution in [2.45, 2.75) is 42.9 Å². The Kier molecular flexibility index (Phi) is 8.36. The monoisotopic (exact) mass is 604 g/mol. The molecule has 0 unspecified atom stereocenters. The molecule has 0 radical (unpaired) electrons. The molecule has 3 aromatic heterocycles. The van der Waals surface area contributed by atoms with Crippen LogP contribution >= 0.6 is 0 Å². The number of aromatic amines is 1.